The minimum atomic E-state index is -0.355. The molecule has 0 aromatic carbocycles. The Labute approximate surface area is 124 Å². The topological polar surface area (TPSA) is 55.1 Å². The predicted molar refractivity (Wildman–Crippen MR) is 83.3 cm³/mol. The quantitative estimate of drug-likeness (QED) is 0.816. The largest absolute Gasteiger partial charge is 0.353 e. The zero-order valence-corrected chi connectivity index (χ0v) is 13.9. The van der Waals surface area contributed by atoms with Crippen molar-refractivity contribution in [1.82, 2.24) is 5.32 Å². The van der Waals surface area contributed by atoms with Crippen LogP contribution < -0.4 is 11.1 Å². The van der Waals surface area contributed by atoms with Crippen molar-refractivity contribution in [3.05, 3.63) is 0 Å². The van der Waals surface area contributed by atoms with Crippen LogP contribution in [0.15, 0.2) is 0 Å². The summed E-state index contributed by atoms with van der Waals surface area (Å²) in [4.78, 5) is 12.7. The summed E-state index contributed by atoms with van der Waals surface area (Å²) in [6.07, 6.45) is 6.36. The van der Waals surface area contributed by atoms with E-state index < -0.39 is 0 Å². The second kappa shape index (κ2) is 5.01. The lowest BCUT2D eigenvalue weighted by Gasteiger charge is -2.46. The Bertz CT molecular complexity index is 372. The molecule has 116 valence electrons. The molecule has 0 aromatic heterocycles. The van der Waals surface area contributed by atoms with E-state index in [0.717, 1.165) is 32.1 Å². The van der Waals surface area contributed by atoms with Crippen LogP contribution in [0.2, 0.25) is 0 Å². The summed E-state index contributed by atoms with van der Waals surface area (Å²) in [7, 11) is 0. The number of carbonyl (C=O) groups is 1. The van der Waals surface area contributed by atoms with Gasteiger partial charge < -0.3 is 11.1 Å². The van der Waals surface area contributed by atoms with Gasteiger partial charge in [0.1, 0.15) is 0 Å². The Kier molecular flexibility index (Phi) is 3.96. The number of hydrogen-bond donors (Lipinski definition) is 2. The van der Waals surface area contributed by atoms with Gasteiger partial charge in [0.05, 0.1) is 5.41 Å². The van der Waals surface area contributed by atoms with Gasteiger partial charge in [0.25, 0.3) is 0 Å². The fourth-order valence-corrected chi connectivity index (χ4v) is 4.77. The Morgan fingerprint density at radius 3 is 2.10 bits per heavy atom. The normalized spacial score (nSPS) is 36.8. The molecular formula is C17H32N2O. The van der Waals surface area contributed by atoms with E-state index in [-0.39, 0.29) is 17.4 Å². The maximum atomic E-state index is 12.7. The first-order chi connectivity index (χ1) is 9.04. The Hall–Kier alpha value is -0.570. The summed E-state index contributed by atoms with van der Waals surface area (Å²) in [5.74, 6) is 0.181. The molecule has 3 heteroatoms. The number of amides is 1. The highest BCUT2D eigenvalue weighted by Gasteiger charge is 2.45. The summed E-state index contributed by atoms with van der Waals surface area (Å²) in [6.45, 7) is 11.3. The molecule has 0 heterocycles. The van der Waals surface area contributed by atoms with Crippen molar-refractivity contribution in [2.24, 2.45) is 22.0 Å². The lowest BCUT2D eigenvalue weighted by atomic mass is 9.63. The average Bonchev–Trinajstić information content (AvgIpc) is 2.55. The van der Waals surface area contributed by atoms with Crippen LogP contribution in [-0.4, -0.2) is 18.0 Å². The van der Waals surface area contributed by atoms with Crippen LogP contribution >= 0.6 is 0 Å². The highest BCUT2D eigenvalue weighted by atomic mass is 16.2. The van der Waals surface area contributed by atoms with Gasteiger partial charge in [-0.3, -0.25) is 4.79 Å². The molecule has 0 aromatic rings. The van der Waals surface area contributed by atoms with Crippen LogP contribution in [0.25, 0.3) is 0 Å². The molecule has 0 saturated heterocycles. The molecule has 2 aliphatic carbocycles. The Balaban J connectivity index is 2.04. The second-order valence-corrected chi connectivity index (χ2v) is 9.00. The van der Waals surface area contributed by atoms with Crippen LogP contribution in [-0.2, 0) is 4.79 Å². The molecule has 2 fully saturated rings. The molecule has 2 unspecified atom stereocenters. The van der Waals surface area contributed by atoms with Crippen molar-refractivity contribution < 1.29 is 4.79 Å². The van der Waals surface area contributed by atoms with Crippen LogP contribution in [0.1, 0.15) is 73.1 Å². The van der Waals surface area contributed by atoms with E-state index >= 15 is 0 Å². The number of nitrogens with two attached hydrogens (primary N) is 1. The molecule has 3 nitrogen and oxygen atoms in total. The highest BCUT2D eigenvalue weighted by molar-refractivity contribution is 5.83. The first-order valence-corrected chi connectivity index (χ1v) is 8.11. The van der Waals surface area contributed by atoms with Crippen LogP contribution in [0.4, 0.5) is 0 Å². The summed E-state index contributed by atoms with van der Waals surface area (Å²) >= 11 is 0. The SMILES string of the molecule is CC1(C)CC(NC(=O)C2(C)CCCC2N)CC(C)(C)C1. The van der Waals surface area contributed by atoms with Gasteiger partial charge in [0.2, 0.25) is 5.91 Å². The predicted octanol–water partition coefficient (Wildman–Crippen LogP) is 3.23. The van der Waals surface area contributed by atoms with Crippen LogP contribution in [0, 0.1) is 16.2 Å². The molecule has 0 bridgehead atoms. The van der Waals surface area contributed by atoms with Gasteiger partial charge in [-0.25, -0.2) is 0 Å². The van der Waals surface area contributed by atoms with E-state index in [9.17, 15) is 4.79 Å². The highest BCUT2D eigenvalue weighted by Crippen LogP contribution is 2.46. The third kappa shape index (κ3) is 3.19. The van der Waals surface area contributed by atoms with Crippen molar-refractivity contribution in [1.29, 1.82) is 0 Å². The van der Waals surface area contributed by atoms with Gasteiger partial charge in [-0.15, -0.1) is 0 Å². The zero-order chi connectivity index (χ0) is 15.2. The standard InChI is InChI=1S/C17H32N2O/c1-15(2)9-12(10-16(3,4)11-15)19-14(20)17(5)8-6-7-13(17)18/h12-13H,6-11,18H2,1-5H3,(H,19,20). The zero-order valence-electron chi connectivity index (χ0n) is 13.9. The van der Waals surface area contributed by atoms with Gasteiger partial charge in [0, 0.05) is 12.1 Å². The maximum Gasteiger partial charge on any atom is 0.227 e. The summed E-state index contributed by atoms with van der Waals surface area (Å²) in [5.41, 5.74) is 6.42. The van der Waals surface area contributed by atoms with E-state index in [1.165, 1.54) is 6.42 Å². The molecule has 1 amide bonds. The molecule has 20 heavy (non-hydrogen) atoms. The third-order valence-electron chi connectivity index (χ3n) is 5.44. The molecular weight excluding hydrogens is 248 g/mol. The number of rotatable bonds is 2. The van der Waals surface area contributed by atoms with E-state index in [1.807, 2.05) is 6.92 Å². The summed E-state index contributed by atoms with van der Waals surface area (Å²) < 4.78 is 0. The van der Waals surface area contributed by atoms with Gasteiger partial charge in [-0.05, 0) is 49.9 Å². The lowest BCUT2D eigenvalue weighted by Crippen LogP contribution is -2.53. The maximum absolute atomic E-state index is 12.7. The molecule has 2 aliphatic rings. The minimum Gasteiger partial charge on any atom is -0.353 e. The van der Waals surface area contributed by atoms with Gasteiger partial charge >= 0.3 is 0 Å². The smallest absolute Gasteiger partial charge is 0.227 e. The number of carbonyl (C=O) groups excluding carboxylic acids is 1. The Morgan fingerprint density at radius 2 is 1.65 bits per heavy atom. The molecule has 0 radical (unpaired) electrons. The molecule has 0 aliphatic heterocycles. The fraction of sp³-hybridized carbons (Fsp3) is 0.941. The van der Waals surface area contributed by atoms with E-state index in [4.69, 9.17) is 5.73 Å². The summed E-state index contributed by atoms with van der Waals surface area (Å²) in [5, 5.41) is 3.32. The summed E-state index contributed by atoms with van der Waals surface area (Å²) in [6, 6.07) is 0.318. The van der Waals surface area contributed by atoms with E-state index in [0.29, 0.717) is 16.9 Å². The van der Waals surface area contributed by atoms with Gasteiger partial charge in [-0.2, -0.15) is 0 Å². The van der Waals surface area contributed by atoms with E-state index in [2.05, 4.69) is 33.0 Å². The second-order valence-electron chi connectivity index (χ2n) is 9.00. The molecule has 2 rings (SSSR count). The number of hydrogen-bond acceptors (Lipinski definition) is 2. The molecule has 3 N–H and O–H groups in total. The first kappa shape index (κ1) is 15.8. The monoisotopic (exact) mass is 280 g/mol. The third-order valence-corrected chi connectivity index (χ3v) is 5.44. The lowest BCUT2D eigenvalue weighted by molar-refractivity contribution is -0.132. The van der Waals surface area contributed by atoms with Crippen LogP contribution in [0.3, 0.4) is 0 Å². The van der Waals surface area contributed by atoms with Gasteiger partial charge in [-0.1, -0.05) is 34.1 Å². The van der Waals surface area contributed by atoms with Gasteiger partial charge in [0.15, 0.2) is 0 Å². The van der Waals surface area contributed by atoms with Crippen molar-refractivity contribution in [3.8, 4) is 0 Å². The fourth-order valence-electron chi connectivity index (χ4n) is 4.77. The number of nitrogens with one attached hydrogen (secondary N) is 1. The average molecular weight is 280 g/mol. The van der Waals surface area contributed by atoms with Crippen molar-refractivity contribution >= 4 is 5.91 Å². The molecule has 0 spiro atoms. The molecule has 2 saturated carbocycles. The Morgan fingerprint density at radius 1 is 1.10 bits per heavy atom. The van der Waals surface area contributed by atoms with Crippen molar-refractivity contribution in [3.63, 3.8) is 0 Å². The van der Waals surface area contributed by atoms with E-state index in [1.54, 1.807) is 0 Å². The van der Waals surface area contributed by atoms with Crippen molar-refractivity contribution in [2.75, 3.05) is 0 Å². The first-order valence-electron chi connectivity index (χ1n) is 8.11. The minimum absolute atomic E-state index is 0.0205. The van der Waals surface area contributed by atoms with Crippen molar-refractivity contribution in [2.45, 2.75) is 85.2 Å². The van der Waals surface area contributed by atoms with Crippen LogP contribution in [0.5, 0.6) is 0 Å². The molecule has 2 atom stereocenters.